The van der Waals surface area contributed by atoms with Crippen molar-refractivity contribution in [1.29, 1.82) is 0 Å². The Morgan fingerprint density at radius 2 is 1.88 bits per heavy atom. The van der Waals surface area contributed by atoms with Gasteiger partial charge >= 0.3 is 0 Å². The lowest BCUT2D eigenvalue weighted by Crippen LogP contribution is -2.27. The Morgan fingerprint density at radius 3 is 2.47 bits per heavy atom. The molecule has 2 nitrogen and oxygen atoms in total. The van der Waals surface area contributed by atoms with Crippen molar-refractivity contribution < 1.29 is 4.39 Å². The fourth-order valence-electron chi connectivity index (χ4n) is 1.78. The Morgan fingerprint density at radius 1 is 1.18 bits per heavy atom. The molecule has 0 fully saturated rings. The molecule has 1 aromatic heterocycles. The lowest BCUT2D eigenvalue weighted by molar-refractivity contribution is 0.426. The number of hydrogen-bond acceptors (Lipinski definition) is 2. The molecule has 1 rings (SSSR count). The quantitative estimate of drug-likeness (QED) is 0.823. The molecular formula is C14H23FN2. The monoisotopic (exact) mass is 238 g/mol. The van der Waals surface area contributed by atoms with Gasteiger partial charge in [-0.25, -0.2) is 4.39 Å². The van der Waals surface area contributed by atoms with Crippen LogP contribution >= 0.6 is 0 Å². The predicted octanol–water partition coefficient (Wildman–Crippen LogP) is 3.21. The summed E-state index contributed by atoms with van der Waals surface area (Å²) >= 11 is 0. The van der Waals surface area contributed by atoms with E-state index in [2.05, 4.69) is 38.0 Å². The van der Waals surface area contributed by atoms with Crippen LogP contribution in [0.15, 0.2) is 18.5 Å². The molecule has 0 aliphatic carbocycles. The van der Waals surface area contributed by atoms with E-state index < -0.39 is 0 Å². The first-order chi connectivity index (χ1) is 8.00. The summed E-state index contributed by atoms with van der Waals surface area (Å²) in [6.45, 7) is 10.7. The largest absolute Gasteiger partial charge is 0.316 e. The molecule has 0 aliphatic rings. The molecule has 0 amide bonds. The highest BCUT2D eigenvalue weighted by molar-refractivity contribution is 5.15. The minimum absolute atomic E-state index is 0.253. The van der Waals surface area contributed by atoms with Crippen LogP contribution < -0.4 is 5.32 Å². The summed E-state index contributed by atoms with van der Waals surface area (Å²) in [5.74, 6) is 1.19. The maximum absolute atomic E-state index is 13.1. The van der Waals surface area contributed by atoms with Crippen molar-refractivity contribution >= 4 is 0 Å². The Bertz CT molecular complexity index is 339. The fourth-order valence-corrected chi connectivity index (χ4v) is 1.78. The first kappa shape index (κ1) is 14.1. The normalized spacial score (nSPS) is 14.9. The van der Waals surface area contributed by atoms with Gasteiger partial charge in [-0.15, -0.1) is 0 Å². The van der Waals surface area contributed by atoms with Crippen molar-refractivity contribution in [3.63, 3.8) is 0 Å². The van der Waals surface area contributed by atoms with E-state index in [0.29, 0.717) is 17.8 Å². The van der Waals surface area contributed by atoms with Crippen LogP contribution in [0.2, 0.25) is 0 Å². The van der Waals surface area contributed by atoms with E-state index in [1.165, 1.54) is 6.20 Å². The average Bonchev–Trinajstić information content (AvgIpc) is 2.27. The summed E-state index contributed by atoms with van der Waals surface area (Å²) in [6.07, 6.45) is 3.00. The molecule has 3 heteroatoms. The fraction of sp³-hybridized carbons (Fsp3) is 0.643. The zero-order valence-corrected chi connectivity index (χ0v) is 11.2. The first-order valence-electron chi connectivity index (χ1n) is 6.32. The highest BCUT2D eigenvalue weighted by Crippen LogP contribution is 2.23. The Labute approximate surface area is 104 Å². The highest BCUT2D eigenvalue weighted by atomic mass is 19.1. The van der Waals surface area contributed by atoms with Crippen LogP contribution in [0.5, 0.6) is 0 Å². The van der Waals surface area contributed by atoms with Crippen molar-refractivity contribution in [2.75, 3.05) is 13.1 Å². The number of nitrogens with zero attached hydrogens (tertiary/aromatic N) is 1. The van der Waals surface area contributed by atoms with Gasteiger partial charge in [0.05, 0.1) is 6.20 Å². The number of aromatic nitrogens is 1. The van der Waals surface area contributed by atoms with E-state index >= 15 is 0 Å². The smallest absolute Gasteiger partial charge is 0.141 e. The lowest BCUT2D eigenvalue weighted by Gasteiger charge is -2.21. The van der Waals surface area contributed by atoms with Gasteiger partial charge in [-0.05, 0) is 42.5 Å². The first-order valence-corrected chi connectivity index (χ1v) is 6.32. The van der Waals surface area contributed by atoms with Crippen LogP contribution in [0.1, 0.15) is 39.2 Å². The molecule has 1 N–H and O–H groups in total. The third-order valence-corrected chi connectivity index (χ3v) is 3.12. The van der Waals surface area contributed by atoms with E-state index in [1.807, 2.05) is 0 Å². The van der Waals surface area contributed by atoms with Crippen LogP contribution in [-0.2, 0) is 0 Å². The standard InChI is InChI=1S/C14H23FN2/c1-10(2)6-16-7-11(3)12(4)13-5-14(15)9-17-8-13/h5,8-12,16H,6-7H2,1-4H3. The Balaban J connectivity index is 2.48. The van der Waals surface area contributed by atoms with Gasteiger partial charge in [0.25, 0.3) is 0 Å². The van der Waals surface area contributed by atoms with Crippen LogP contribution in [0.3, 0.4) is 0 Å². The second-order valence-corrected chi connectivity index (χ2v) is 5.25. The van der Waals surface area contributed by atoms with Gasteiger partial charge in [0.2, 0.25) is 0 Å². The van der Waals surface area contributed by atoms with Crippen molar-refractivity contribution in [3.05, 3.63) is 29.8 Å². The highest BCUT2D eigenvalue weighted by Gasteiger charge is 2.15. The second-order valence-electron chi connectivity index (χ2n) is 5.25. The molecule has 1 heterocycles. The topological polar surface area (TPSA) is 24.9 Å². The van der Waals surface area contributed by atoms with Crippen molar-refractivity contribution in [1.82, 2.24) is 10.3 Å². The summed E-state index contributed by atoms with van der Waals surface area (Å²) < 4.78 is 13.1. The van der Waals surface area contributed by atoms with E-state index in [-0.39, 0.29) is 5.82 Å². The summed E-state index contributed by atoms with van der Waals surface area (Å²) in [5.41, 5.74) is 0.976. The van der Waals surface area contributed by atoms with E-state index in [1.54, 1.807) is 12.3 Å². The van der Waals surface area contributed by atoms with E-state index in [0.717, 1.165) is 18.7 Å². The van der Waals surface area contributed by atoms with Gasteiger partial charge < -0.3 is 5.32 Å². The minimum Gasteiger partial charge on any atom is -0.316 e. The number of rotatable bonds is 6. The third-order valence-electron chi connectivity index (χ3n) is 3.12. The molecule has 2 unspecified atom stereocenters. The van der Waals surface area contributed by atoms with E-state index in [9.17, 15) is 4.39 Å². The SMILES string of the molecule is CC(C)CNCC(C)C(C)c1cncc(F)c1. The van der Waals surface area contributed by atoms with Crippen LogP contribution in [-0.4, -0.2) is 18.1 Å². The van der Waals surface area contributed by atoms with Gasteiger partial charge in [-0.3, -0.25) is 4.98 Å². The number of nitrogens with one attached hydrogen (secondary N) is 1. The second kappa shape index (κ2) is 6.70. The average molecular weight is 238 g/mol. The molecule has 0 spiro atoms. The maximum Gasteiger partial charge on any atom is 0.141 e. The van der Waals surface area contributed by atoms with Crippen LogP contribution in [0.25, 0.3) is 0 Å². The number of halogens is 1. The molecule has 17 heavy (non-hydrogen) atoms. The van der Waals surface area contributed by atoms with Gasteiger partial charge in [0.15, 0.2) is 0 Å². The molecule has 2 atom stereocenters. The van der Waals surface area contributed by atoms with Crippen LogP contribution in [0.4, 0.5) is 4.39 Å². The van der Waals surface area contributed by atoms with Crippen LogP contribution in [0, 0.1) is 17.7 Å². The summed E-state index contributed by atoms with van der Waals surface area (Å²) in [5, 5.41) is 3.44. The molecule has 0 aliphatic heterocycles. The van der Waals surface area contributed by atoms with Gasteiger partial charge in [-0.2, -0.15) is 0 Å². The molecular weight excluding hydrogens is 215 g/mol. The zero-order chi connectivity index (χ0) is 12.8. The molecule has 0 bridgehead atoms. The van der Waals surface area contributed by atoms with Crippen molar-refractivity contribution in [3.8, 4) is 0 Å². The summed E-state index contributed by atoms with van der Waals surface area (Å²) in [4.78, 5) is 3.90. The van der Waals surface area contributed by atoms with Gasteiger partial charge in [-0.1, -0.05) is 27.7 Å². The molecule has 0 saturated carbocycles. The van der Waals surface area contributed by atoms with Crippen molar-refractivity contribution in [2.45, 2.75) is 33.6 Å². The summed E-state index contributed by atoms with van der Waals surface area (Å²) in [6, 6.07) is 1.58. The molecule has 96 valence electrons. The maximum atomic E-state index is 13.1. The van der Waals surface area contributed by atoms with E-state index in [4.69, 9.17) is 0 Å². The number of hydrogen-bond donors (Lipinski definition) is 1. The third kappa shape index (κ3) is 4.82. The lowest BCUT2D eigenvalue weighted by atomic mass is 9.90. The predicted molar refractivity (Wildman–Crippen MR) is 69.5 cm³/mol. The molecule has 0 saturated heterocycles. The zero-order valence-electron chi connectivity index (χ0n) is 11.2. The van der Waals surface area contributed by atoms with Crippen molar-refractivity contribution in [2.24, 2.45) is 11.8 Å². The van der Waals surface area contributed by atoms with Gasteiger partial charge in [0, 0.05) is 6.20 Å². The van der Waals surface area contributed by atoms with Gasteiger partial charge in [0.1, 0.15) is 5.82 Å². The Hall–Kier alpha value is -0.960. The minimum atomic E-state index is -0.253. The molecule has 0 radical (unpaired) electrons. The summed E-state index contributed by atoms with van der Waals surface area (Å²) in [7, 11) is 0. The molecule has 1 aromatic rings. The molecule has 0 aromatic carbocycles. The number of pyridine rings is 1. The Kier molecular flexibility index (Phi) is 5.56.